The fraction of sp³-hybridized carbons (Fsp3) is 0.200. The number of aromatic nitrogens is 1. The third-order valence-corrected chi connectivity index (χ3v) is 3.98. The van der Waals surface area contributed by atoms with Crippen molar-refractivity contribution in [1.29, 1.82) is 0 Å². The van der Waals surface area contributed by atoms with E-state index < -0.39 is 17.7 Å². The molecular weight excluding hydrogens is 354 g/mol. The van der Waals surface area contributed by atoms with E-state index in [4.69, 9.17) is 23.2 Å². The summed E-state index contributed by atoms with van der Waals surface area (Å²) in [4.78, 5) is 15.6. The van der Waals surface area contributed by atoms with E-state index >= 15 is 0 Å². The van der Waals surface area contributed by atoms with E-state index in [1.165, 1.54) is 32.2 Å². The number of hydrogen-bond donors (Lipinski definition) is 0. The molecule has 0 atom stereocenters. The Bertz CT molecular complexity index is 776. The van der Waals surface area contributed by atoms with E-state index in [-0.39, 0.29) is 32.6 Å². The van der Waals surface area contributed by atoms with Gasteiger partial charge in [0.05, 0.1) is 28.4 Å². The van der Waals surface area contributed by atoms with E-state index in [1.54, 1.807) is 0 Å². The van der Waals surface area contributed by atoms with Crippen LogP contribution in [0.3, 0.4) is 0 Å². The minimum absolute atomic E-state index is 0.0698. The lowest BCUT2D eigenvalue weighted by Crippen LogP contribution is -2.09. The van der Waals surface area contributed by atoms with Crippen molar-refractivity contribution in [3.8, 4) is 11.3 Å². The molecule has 0 aliphatic rings. The van der Waals surface area contributed by atoms with E-state index in [1.807, 2.05) is 0 Å². The topological polar surface area (TPSA) is 39.2 Å². The minimum atomic E-state index is -4.50. The first kappa shape index (κ1) is 17.6. The molecule has 122 valence electrons. The van der Waals surface area contributed by atoms with E-state index in [2.05, 4.69) is 9.72 Å². The van der Waals surface area contributed by atoms with E-state index in [0.717, 1.165) is 6.07 Å². The molecule has 2 aromatic rings. The van der Waals surface area contributed by atoms with Gasteiger partial charge in [-0.15, -0.1) is 0 Å². The van der Waals surface area contributed by atoms with Gasteiger partial charge in [0.2, 0.25) is 0 Å². The Morgan fingerprint density at radius 3 is 2.39 bits per heavy atom. The number of ether oxygens (including phenoxy) is 1. The zero-order chi connectivity index (χ0) is 17.4. The molecule has 2 rings (SSSR count). The van der Waals surface area contributed by atoms with Crippen LogP contribution in [-0.2, 0) is 10.9 Å². The fourth-order valence-corrected chi connectivity index (χ4v) is 2.47. The molecule has 23 heavy (non-hydrogen) atoms. The smallest absolute Gasteiger partial charge is 0.416 e. The highest BCUT2D eigenvalue weighted by molar-refractivity contribution is 6.34. The van der Waals surface area contributed by atoms with Gasteiger partial charge in [-0.1, -0.05) is 29.3 Å². The molecule has 0 spiro atoms. The molecule has 0 amide bonds. The Balaban J connectivity index is 2.60. The fourth-order valence-electron chi connectivity index (χ4n) is 2.02. The highest BCUT2D eigenvalue weighted by Crippen LogP contribution is 2.39. The number of rotatable bonds is 2. The van der Waals surface area contributed by atoms with Gasteiger partial charge in [0.1, 0.15) is 0 Å². The first-order valence-corrected chi connectivity index (χ1v) is 7.04. The van der Waals surface area contributed by atoms with Crippen LogP contribution in [0.2, 0.25) is 10.0 Å². The van der Waals surface area contributed by atoms with Gasteiger partial charge in [-0.05, 0) is 30.7 Å². The van der Waals surface area contributed by atoms with Crippen LogP contribution >= 0.6 is 23.2 Å². The van der Waals surface area contributed by atoms with Gasteiger partial charge in [-0.25, -0.2) is 9.78 Å². The summed E-state index contributed by atoms with van der Waals surface area (Å²) in [7, 11) is 1.17. The van der Waals surface area contributed by atoms with Crippen molar-refractivity contribution in [3.63, 3.8) is 0 Å². The maximum Gasteiger partial charge on any atom is 0.416 e. The third kappa shape index (κ3) is 3.43. The predicted molar refractivity (Wildman–Crippen MR) is 80.8 cm³/mol. The summed E-state index contributed by atoms with van der Waals surface area (Å²) in [6.07, 6.45) is -4.50. The summed E-state index contributed by atoms with van der Waals surface area (Å²) in [5.41, 5.74) is -0.600. The van der Waals surface area contributed by atoms with Gasteiger partial charge >= 0.3 is 12.1 Å². The summed E-state index contributed by atoms with van der Waals surface area (Å²) >= 11 is 11.9. The Hall–Kier alpha value is -1.79. The Morgan fingerprint density at radius 1 is 1.17 bits per heavy atom. The number of hydrogen-bond acceptors (Lipinski definition) is 3. The Morgan fingerprint density at radius 2 is 1.83 bits per heavy atom. The molecule has 0 bridgehead atoms. The van der Waals surface area contributed by atoms with Crippen molar-refractivity contribution in [2.45, 2.75) is 13.1 Å². The minimum Gasteiger partial charge on any atom is -0.464 e. The highest BCUT2D eigenvalue weighted by atomic mass is 35.5. The second kappa shape index (κ2) is 6.37. The summed E-state index contributed by atoms with van der Waals surface area (Å²) in [5, 5.41) is -0.0224. The van der Waals surface area contributed by atoms with Crippen LogP contribution in [0.4, 0.5) is 13.2 Å². The number of halogens is 5. The molecule has 8 heteroatoms. The average Bonchev–Trinajstić information content (AvgIpc) is 2.48. The van der Waals surface area contributed by atoms with Gasteiger partial charge in [0.15, 0.2) is 5.69 Å². The number of alkyl halides is 3. The number of carbonyl (C=O) groups is 1. The van der Waals surface area contributed by atoms with Crippen LogP contribution in [0.25, 0.3) is 11.3 Å². The van der Waals surface area contributed by atoms with Crippen LogP contribution in [-0.4, -0.2) is 18.1 Å². The maximum atomic E-state index is 12.9. The Labute approximate surface area is 140 Å². The van der Waals surface area contributed by atoms with Crippen LogP contribution in [0.5, 0.6) is 0 Å². The van der Waals surface area contributed by atoms with Gasteiger partial charge in [0.25, 0.3) is 0 Å². The Kier molecular flexibility index (Phi) is 4.87. The molecule has 1 aromatic carbocycles. The zero-order valence-corrected chi connectivity index (χ0v) is 13.5. The molecule has 3 nitrogen and oxygen atoms in total. The second-order valence-corrected chi connectivity index (χ2v) is 5.40. The van der Waals surface area contributed by atoms with Crippen LogP contribution in [0.15, 0.2) is 24.3 Å². The molecule has 1 aromatic heterocycles. The monoisotopic (exact) mass is 363 g/mol. The number of benzene rings is 1. The van der Waals surface area contributed by atoms with Crippen molar-refractivity contribution in [2.24, 2.45) is 0 Å². The molecule has 0 N–H and O–H groups in total. The molecule has 1 heterocycles. The summed E-state index contributed by atoms with van der Waals surface area (Å²) in [5.74, 6) is -0.753. The van der Waals surface area contributed by atoms with Crippen molar-refractivity contribution < 1.29 is 22.7 Å². The van der Waals surface area contributed by atoms with Gasteiger partial charge in [-0.2, -0.15) is 13.2 Å². The molecule has 0 aliphatic heterocycles. The molecule has 0 unspecified atom stereocenters. The second-order valence-electron chi connectivity index (χ2n) is 4.62. The first-order chi connectivity index (χ1) is 10.7. The number of esters is 1. The third-order valence-electron chi connectivity index (χ3n) is 3.19. The van der Waals surface area contributed by atoms with Crippen molar-refractivity contribution in [3.05, 3.63) is 51.1 Å². The van der Waals surface area contributed by atoms with Crippen LogP contribution in [0, 0.1) is 6.92 Å². The zero-order valence-electron chi connectivity index (χ0n) is 12.0. The first-order valence-electron chi connectivity index (χ1n) is 6.28. The lowest BCUT2D eigenvalue weighted by atomic mass is 10.0. The van der Waals surface area contributed by atoms with E-state index in [9.17, 15) is 18.0 Å². The van der Waals surface area contributed by atoms with E-state index in [0.29, 0.717) is 0 Å². The molecule has 0 fully saturated rings. The molecular formula is C15H10Cl2F3NO2. The SMILES string of the molecule is COC(=O)c1nc(-c2ccc(C(F)(F)F)c(C)c2Cl)ccc1Cl. The van der Waals surface area contributed by atoms with Crippen LogP contribution < -0.4 is 0 Å². The normalized spacial score (nSPS) is 11.4. The van der Waals surface area contributed by atoms with Gasteiger partial charge < -0.3 is 4.74 Å². The van der Waals surface area contributed by atoms with Crippen LogP contribution in [0.1, 0.15) is 21.6 Å². The molecule has 0 radical (unpaired) electrons. The molecule has 0 saturated carbocycles. The number of nitrogens with zero attached hydrogens (tertiary/aromatic N) is 1. The quantitative estimate of drug-likeness (QED) is 0.691. The lowest BCUT2D eigenvalue weighted by molar-refractivity contribution is -0.138. The van der Waals surface area contributed by atoms with Crippen molar-refractivity contribution >= 4 is 29.2 Å². The summed E-state index contributed by atoms with van der Waals surface area (Å²) in [6, 6.07) is 4.99. The molecule has 0 aliphatic carbocycles. The number of carbonyl (C=O) groups excluding carboxylic acids is 1. The van der Waals surface area contributed by atoms with Crippen molar-refractivity contribution in [2.75, 3.05) is 7.11 Å². The number of pyridine rings is 1. The summed E-state index contributed by atoms with van der Waals surface area (Å²) in [6.45, 7) is 1.27. The number of methoxy groups -OCH3 is 1. The average molecular weight is 364 g/mol. The highest BCUT2D eigenvalue weighted by Gasteiger charge is 2.33. The molecule has 0 saturated heterocycles. The van der Waals surface area contributed by atoms with Gasteiger partial charge in [0, 0.05) is 5.56 Å². The maximum absolute atomic E-state index is 12.9. The standard InChI is InChI=1S/C15H10Cl2F3NO2/c1-7-9(15(18,19)20)4-3-8(12(7)17)11-6-5-10(16)13(21-11)14(22)23-2/h3-6H,1-2H3. The van der Waals surface area contributed by atoms with Gasteiger partial charge in [-0.3, -0.25) is 0 Å². The summed E-state index contributed by atoms with van der Waals surface area (Å²) < 4.78 is 43.2. The predicted octanol–water partition coefficient (Wildman–Crippen LogP) is 5.17. The lowest BCUT2D eigenvalue weighted by Gasteiger charge is -2.14. The van der Waals surface area contributed by atoms with Crippen molar-refractivity contribution in [1.82, 2.24) is 4.98 Å². The largest absolute Gasteiger partial charge is 0.464 e.